The molecule has 1 heterocycles. The molecule has 0 aliphatic rings. The van der Waals surface area contributed by atoms with Gasteiger partial charge in [-0.3, -0.25) is 0 Å². The summed E-state index contributed by atoms with van der Waals surface area (Å²) in [5.41, 5.74) is -2.12. The van der Waals surface area contributed by atoms with E-state index in [1.807, 2.05) is 0 Å². The largest absolute Gasteiger partial charge is 0.432 e. The van der Waals surface area contributed by atoms with Crippen molar-refractivity contribution in [3.8, 4) is 6.07 Å². The average molecular weight is 520 g/mol. The summed E-state index contributed by atoms with van der Waals surface area (Å²) in [7, 11) is 0. The topological polar surface area (TPSA) is 47.2 Å². The van der Waals surface area contributed by atoms with E-state index in [-0.39, 0.29) is 17.2 Å². The predicted molar refractivity (Wildman–Crippen MR) is 98.8 cm³/mol. The molecule has 2 aromatic rings. The van der Waals surface area contributed by atoms with E-state index in [1.54, 1.807) is 6.07 Å². The van der Waals surface area contributed by atoms with Crippen LogP contribution in [0.4, 0.5) is 26.3 Å². The smallest absolute Gasteiger partial charge is 0.361 e. The number of nitriles is 1. The van der Waals surface area contributed by atoms with Gasteiger partial charge in [-0.15, -0.1) is 0 Å². The fraction of sp³-hybridized carbons (Fsp3) is 0.389. The van der Waals surface area contributed by atoms with E-state index < -0.39 is 53.2 Å². The Labute approximate surface area is 181 Å². The number of hydrogen-bond acceptors (Lipinski definition) is 3. The zero-order valence-corrected chi connectivity index (χ0v) is 17.6. The summed E-state index contributed by atoms with van der Waals surface area (Å²) >= 11 is 8.57. The molecular formula is C18H14BrClF6N2O2. The van der Waals surface area contributed by atoms with E-state index in [1.165, 1.54) is 31.2 Å². The van der Waals surface area contributed by atoms with Gasteiger partial charge in [0.25, 0.3) is 0 Å². The molecule has 12 heteroatoms. The van der Waals surface area contributed by atoms with Gasteiger partial charge in [-0.1, -0.05) is 23.7 Å². The van der Waals surface area contributed by atoms with E-state index >= 15 is 0 Å². The highest BCUT2D eigenvalue weighted by Crippen LogP contribution is 2.44. The van der Waals surface area contributed by atoms with Gasteiger partial charge >= 0.3 is 12.4 Å². The summed E-state index contributed by atoms with van der Waals surface area (Å²) < 4.78 is 89.7. The first-order valence-corrected chi connectivity index (χ1v) is 9.48. The number of ether oxygens (including phenoxy) is 2. The van der Waals surface area contributed by atoms with Crippen LogP contribution in [0, 0.1) is 11.3 Å². The number of nitrogens with zero attached hydrogens (tertiary/aromatic N) is 2. The molecule has 30 heavy (non-hydrogen) atoms. The van der Waals surface area contributed by atoms with E-state index in [2.05, 4.69) is 15.9 Å². The summed E-state index contributed by atoms with van der Waals surface area (Å²) in [6, 6.07) is 6.94. The van der Waals surface area contributed by atoms with Gasteiger partial charge < -0.3 is 14.0 Å². The van der Waals surface area contributed by atoms with Gasteiger partial charge in [-0.25, -0.2) is 0 Å². The van der Waals surface area contributed by atoms with Crippen molar-refractivity contribution in [3.05, 3.63) is 56.3 Å². The standard InChI is InChI=1S/C18H14BrClF6N2O2/c1-2-29-9-28-14(12(7-27)13(19)16(28)18(24,25)26)15(30-8-17(21,22)23)10-3-5-11(20)6-4-10/h3-6,15H,2,8-9H2,1H3. The zero-order chi connectivity index (χ0) is 22.7. The Bertz CT molecular complexity index is 919. The molecule has 4 nitrogen and oxygen atoms in total. The van der Waals surface area contributed by atoms with Gasteiger partial charge in [0.1, 0.15) is 31.2 Å². The second kappa shape index (κ2) is 9.60. The van der Waals surface area contributed by atoms with Gasteiger partial charge in [0.2, 0.25) is 0 Å². The number of hydrogen-bond donors (Lipinski definition) is 0. The van der Waals surface area contributed by atoms with Crippen molar-refractivity contribution in [2.45, 2.75) is 32.1 Å². The molecule has 0 bridgehead atoms. The van der Waals surface area contributed by atoms with E-state index in [9.17, 15) is 31.6 Å². The lowest BCUT2D eigenvalue weighted by Gasteiger charge is -2.23. The van der Waals surface area contributed by atoms with Crippen LogP contribution >= 0.6 is 27.5 Å². The Morgan fingerprint density at radius 2 is 1.77 bits per heavy atom. The van der Waals surface area contributed by atoms with Gasteiger partial charge in [0.05, 0.1) is 15.7 Å². The second-order valence-electron chi connectivity index (χ2n) is 5.94. The number of aromatic nitrogens is 1. The fourth-order valence-electron chi connectivity index (χ4n) is 2.73. The van der Waals surface area contributed by atoms with Crippen molar-refractivity contribution >= 4 is 27.5 Å². The third kappa shape index (κ3) is 5.69. The number of benzene rings is 1. The van der Waals surface area contributed by atoms with E-state index in [0.29, 0.717) is 4.57 Å². The summed E-state index contributed by atoms with van der Waals surface area (Å²) in [6.07, 6.45) is -11.3. The van der Waals surface area contributed by atoms with Gasteiger partial charge in [0.15, 0.2) is 0 Å². The maximum absolute atomic E-state index is 13.7. The molecule has 164 valence electrons. The van der Waals surface area contributed by atoms with Crippen molar-refractivity contribution in [1.29, 1.82) is 5.26 Å². The van der Waals surface area contributed by atoms with Crippen molar-refractivity contribution in [2.75, 3.05) is 13.2 Å². The van der Waals surface area contributed by atoms with Crippen LogP contribution in [0.2, 0.25) is 5.02 Å². The Hall–Kier alpha value is -1.74. The third-order valence-electron chi connectivity index (χ3n) is 3.88. The fourth-order valence-corrected chi connectivity index (χ4v) is 3.58. The molecular weight excluding hydrogens is 506 g/mol. The molecule has 2 rings (SSSR count). The van der Waals surface area contributed by atoms with Crippen LogP contribution in [0.5, 0.6) is 0 Å². The molecule has 0 radical (unpaired) electrons. The normalized spacial score (nSPS) is 13.3. The molecule has 0 saturated heterocycles. The van der Waals surface area contributed by atoms with Gasteiger partial charge in [-0.05, 0) is 40.5 Å². The van der Waals surface area contributed by atoms with Crippen LogP contribution in [0.3, 0.4) is 0 Å². The molecule has 0 amide bonds. The van der Waals surface area contributed by atoms with Crippen LogP contribution in [0.25, 0.3) is 0 Å². The van der Waals surface area contributed by atoms with Crippen molar-refractivity contribution < 1.29 is 35.8 Å². The lowest BCUT2D eigenvalue weighted by atomic mass is 10.0. The van der Waals surface area contributed by atoms with Crippen molar-refractivity contribution in [2.24, 2.45) is 0 Å². The van der Waals surface area contributed by atoms with Crippen LogP contribution in [0.15, 0.2) is 28.7 Å². The average Bonchev–Trinajstić information content (AvgIpc) is 2.92. The molecule has 0 aliphatic heterocycles. The lowest BCUT2D eigenvalue weighted by molar-refractivity contribution is -0.183. The SMILES string of the molecule is CCOCn1c(C(OCC(F)(F)F)c2ccc(Cl)cc2)c(C#N)c(Br)c1C(F)(F)F. The number of rotatable bonds is 7. The Morgan fingerprint density at radius 1 is 1.17 bits per heavy atom. The maximum atomic E-state index is 13.7. The molecule has 1 unspecified atom stereocenters. The molecule has 0 N–H and O–H groups in total. The van der Waals surface area contributed by atoms with Crippen LogP contribution in [0.1, 0.15) is 35.5 Å². The molecule has 1 aromatic heterocycles. The Balaban J connectivity index is 2.77. The van der Waals surface area contributed by atoms with Crippen molar-refractivity contribution in [1.82, 2.24) is 4.57 Å². The van der Waals surface area contributed by atoms with Crippen molar-refractivity contribution in [3.63, 3.8) is 0 Å². The van der Waals surface area contributed by atoms with Crippen LogP contribution in [-0.2, 0) is 22.4 Å². The Kier molecular flexibility index (Phi) is 7.85. The monoisotopic (exact) mass is 518 g/mol. The van der Waals surface area contributed by atoms with E-state index in [0.717, 1.165) is 0 Å². The second-order valence-corrected chi connectivity index (χ2v) is 7.17. The highest BCUT2D eigenvalue weighted by atomic mass is 79.9. The minimum atomic E-state index is -4.92. The van der Waals surface area contributed by atoms with Gasteiger partial charge in [0, 0.05) is 11.6 Å². The summed E-state index contributed by atoms with van der Waals surface area (Å²) in [5, 5.41) is 9.76. The molecule has 0 fully saturated rings. The molecule has 1 aromatic carbocycles. The quantitative estimate of drug-likeness (QED) is 0.395. The highest BCUT2D eigenvalue weighted by Gasteiger charge is 2.43. The number of halogens is 8. The zero-order valence-electron chi connectivity index (χ0n) is 15.2. The number of alkyl halides is 6. The van der Waals surface area contributed by atoms with Gasteiger partial charge in [-0.2, -0.15) is 31.6 Å². The van der Waals surface area contributed by atoms with Crippen LogP contribution < -0.4 is 0 Å². The first kappa shape index (κ1) is 24.5. The highest BCUT2D eigenvalue weighted by molar-refractivity contribution is 9.10. The summed E-state index contributed by atoms with van der Waals surface area (Å²) in [6.45, 7) is -0.832. The van der Waals surface area contributed by atoms with Crippen LogP contribution in [-0.4, -0.2) is 24.0 Å². The third-order valence-corrected chi connectivity index (χ3v) is 4.91. The maximum Gasteiger partial charge on any atom is 0.432 e. The molecule has 1 atom stereocenters. The molecule has 0 spiro atoms. The summed E-state index contributed by atoms with van der Waals surface area (Å²) in [4.78, 5) is 0. The minimum absolute atomic E-state index is 0.0312. The predicted octanol–water partition coefficient (Wildman–Crippen LogP) is 6.46. The lowest BCUT2D eigenvalue weighted by Crippen LogP contribution is -2.24. The minimum Gasteiger partial charge on any atom is -0.361 e. The summed E-state index contributed by atoms with van der Waals surface area (Å²) in [5.74, 6) is 0. The molecule has 0 saturated carbocycles. The van der Waals surface area contributed by atoms with E-state index in [4.69, 9.17) is 21.1 Å². The Morgan fingerprint density at radius 3 is 2.23 bits per heavy atom. The first-order valence-electron chi connectivity index (χ1n) is 8.31. The molecule has 0 aliphatic carbocycles. The first-order chi connectivity index (χ1) is 13.9.